The number of alkyl halides is 1. The van der Waals surface area contributed by atoms with Crippen LogP contribution in [0.2, 0.25) is 0 Å². The fraction of sp³-hybridized carbons (Fsp3) is 0.727. The Morgan fingerprint density at radius 1 is 1.31 bits per heavy atom. The summed E-state index contributed by atoms with van der Waals surface area (Å²) in [6.45, 7) is -0.292. The van der Waals surface area contributed by atoms with Crippen LogP contribution >= 0.6 is 0 Å². The molecule has 0 bridgehead atoms. The maximum atomic E-state index is 11.7. The Kier molecular flexibility index (Phi) is 8.75. The zero-order valence-electron chi connectivity index (χ0n) is 9.31. The van der Waals surface area contributed by atoms with Crippen LogP contribution in [0.15, 0.2) is 12.2 Å². The van der Waals surface area contributed by atoms with Gasteiger partial charge in [-0.05, 0) is 32.1 Å². The molecule has 4 nitrogen and oxygen atoms in total. The summed E-state index contributed by atoms with van der Waals surface area (Å²) in [5.74, 6) is -1.19. The summed E-state index contributed by atoms with van der Waals surface area (Å²) in [5, 5.41) is 17.9. The lowest BCUT2D eigenvalue weighted by atomic mass is 10.1. The summed E-state index contributed by atoms with van der Waals surface area (Å²) in [6.07, 6.45) is 5.84. The van der Waals surface area contributed by atoms with Crippen LogP contribution < -0.4 is 5.73 Å². The van der Waals surface area contributed by atoms with Gasteiger partial charge in [0.2, 0.25) is 0 Å². The number of carbonyl (C=O) groups is 1. The van der Waals surface area contributed by atoms with E-state index in [2.05, 4.69) is 0 Å². The molecule has 94 valence electrons. The minimum Gasteiger partial charge on any atom is -0.480 e. The first kappa shape index (κ1) is 15.1. The molecule has 0 aromatic rings. The van der Waals surface area contributed by atoms with Gasteiger partial charge in [0.25, 0.3) is 0 Å². The quantitative estimate of drug-likeness (QED) is 0.413. The van der Waals surface area contributed by atoms with E-state index < -0.39 is 18.1 Å². The summed E-state index contributed by atoms with van der Waals surface area (Å²) in [7, 11) is 0. The molecule has 2 unspecified atom stereocenters. The molecular formula is C11H20FNO3. The van der Waals surface area contributed by atoms with Crippen molar-refractivity contribution >= 4 is 5.97 Å². The summed E-state index contributed by atoms with van der Waals surface area (Å²) in [6, 6.07) is -1.22. The molecule has 4 N–H and O–H groups in total. The number of unbranched alkanes of at least 4 members (excludes halogenated alkanes) is 2. The Labute approximate surface area is 95.0 Å². The monoisotopic (exact) mass is 233 g/mol. The molecule has 0 fully saturated rings. The lowest BCUT2D eigenvalue weighted by Gasteiger charge is -2.13. The summed E-state index contributed by atoms with van der Waals surface area (Å²) < 4.78 is 11.7. The van der Waals surface area contributed by atoms with Crippen molar-refractivity contribution in [2.45, 2.75) is 44.2 Å². The number of rotatable bonds is 9. The van der Waals surface area contributed by atoms with E-state index in [1.165, 1.54) is 0 Å². The van der Waals surface area contributed by atoms with Gasteiger partial charge in [0, 0.05) is 0 Å². The third-order valence-corrected chi connectivity index (χ3v) is 2.25. The first-order chi connectivity index (χ1) is 7.59. The van der Waals surface area contributed by atoms with Gasteiger partial charge in [-0.2, -0.15) is 0 Å². The Morgan fingerprint density at radius 3 is 2.50 bits per heavy atom. The van der Waals surface area contributed by atoms with E-state index in [1.54, 1.807) is 0 Å². The van der Waals surface area contributed by atoms with Crippen molar-refractivity contribution < 1.29 is 19.4 Å². The van der Waals surface area contributed by atoms with Crippen LogP contribution in [-0.4, -0.2) is 35.0 Å². The van der Waals surface area contributed by atoms with E-state index in [0.717, 1.165) is 12.8 Å². The molecule has 0 heterocycles. The molecule has 0 amide bonds. The third-order valence-electron chi connectivity index (χ3n) is 2.25. The number of halogens is 1. The van der Waals surface area contributed by atoms with Crippen molar-refractivity contribution in [2.75, 3.05) is 6.67 Å². The highest BCUT2D eigenvalue weighted by Crippen LogP contribution is 2.04. The second-order valence-corrected chi connectivity index (χ2v) is 3.66. The molecule has 0 aliphatic rings. The molecule has 0 aromatic carbocycles. The molecule has 0 spiro atoms. The Balaban J connectivity index is 3.53. The third kappa shape index (κ3) is 7.36. The standard InChI is InChI=1S/C11H20FNO3/c12-8-6-4-2-1-3-5-7-9(14)10(13)11(15)16/h1,3,9-10,14H,2,4-8,13H2,(H,15,16)/b3-1+. The molecule has 0 saturated carbocycles. The molecule has 0 aromatic heterocycles. The number of aliphatic carboxylic acids is 1. The average molecular weight is 233 g/mol. The minimum atomic E-state index is -1.22. The van der Waals surface area contributed by atoms with Gasteiger partial charge >= 0.3 is 5.97 Å². The molecule has 16 heavy (non-hydrogen) atoms. The topological polar surface area (TPSA) is 83.6 Å². The van der Waals surface area contributed by atoms with Crippen LogP contribution in [0.4, 0.5) is 4.39 Å². The summed E-state index contributed by atoms with van der Waals surface area (Å²) in [4.78, 5) is 10.4. The number of aliphatic hydroxyl groups is 1. The largest absolute Gasteiger partial charge is 0.480 e. The Morgan fingerprint density at radius 2 is 1.94 bits per heavy atom. The van der Waals surface area contributed by atoms with Crippen LogP contribution in [0.1, 0.15) is 32.1 Å². The smallest absolute Gasteiger partial charge is 0.323 e. The predicted octanol–water partition coefficient (Wildman–Crippen LogP) is 1.24. The van der Waals surface area contributed by atoms with Crippen molar-refractivity contribution in [3.8, 4) is 0 Å². The number of hydrogen-bond acceptors (Lipinski definition) is 3. The first-order valence-electron chi connectivity index (χ1n) is 5.47. The molecule has 0 radical (unpaired) electrons. The van der Waals surface area contributed by atoms with Gasteiger partial charge in [0.05, 0.1) is 12.8 Å². The van der Waals surface area contributed by atoms with Crippen LogP contribution in [0, 0.1) is 0 Å². The summed E-state index contributed by atoms with van der Waals surface area (Å²) in [5.41, 5.74) is 5.23. The lowest BCUT2D eigenvalue weighted by molar-refractivity contribution is -0.141. The normalized spacial score (nSPS) is 15.2. The van der Waals surface area contributed by atoms with Crippen molar-refractivity contribution in [3.63, 3.8) is 0 Å². The number of carboxylic acid groups (broad SMARTS) is 1. The van der Waals surface area contributed by atoms with E-state index in [4.69, 9.17) is 10.8 Å². The average Bonchev–Trinajstić information content (AvgIpc) is 2.26. The molecule has 5 heteroatoms. The number of carboxylic acids is 1. The number of allylic oxidation sites excluding steroid dienone is 2. The van der Waals surface area contributed by atoms with Crippen molar-refractivity contribution in [1.82, 2.24) is 0 Å². The van der Waals surface area contributed by atoms with Gasteiger partial charge in [-0.3, -0.25) is 9.18 Å². The molecular weight excluding hydrogens is 213 g/mol. The molecule has 0 aliphatic heterocycles. The number of aliphatic hydroxyl groups excluding tert-OH is 1. The van der Waals surface area contributed by atoms with Gasteiger partial charge < -0.3 is 15.9 Å². The predicted molar refractivity (Wildman–Crippen MR) is 59.8 cm³/mol. The van der Waals surface area contributed by atoms with Crippen LogP contribution in [0.5, 0.6) is 0 Å². The van der Waals surface area contributed by atoms with Gasteiger partial charge in [0.1, 0.15) is 6.04 Å². The number of nitrogens with two attached hydrogens (primary N) is 1. The fourth-order valence-corrected chi connectivity index (χ4v) is 1.20. The molecule has 0 rings (SSSR count). The highest BCUT2D eigenvalue weighted by molar-refractivity contribution is 5.73. The van der Waals surface area contributed by atoms with Crippen molar-refractivity contribution in [2.24, 2.45) is 5.73 Å². The highest BCUT2D eigenvalue weighted by atomic mass is 19.1. The zero-order chi connectivity index (χ0) is 12.4. The highest BCUT2D eigenvalue weighted by Gasteiger charge is 2.20. The van der Waals surface area contributed by atoms with E-state index in [9.17, 15) is 14.3 Å². The summed E-state index contributed by atoms with van der Waals surface area (Å²) >= 11 is 0. The van der Waals surface area contributed by atoms with Crippen molar-refractivity contribution in [3.05, 3.63) is 12.2 Å². The van der Waals surface area contributed by atoms with Gasteiger partial charge in [-0.1, -0.05) is 12.2 Å². The molecule has 0 saturated heterocycles. The van der Waals surface area contributed by atoms with Crippen LogP contribution in [0.3, 0.4) is 0 Å². The van der Waals surface area contributed by atoms with E-state index in [1.807, 2.05) is 12.2 Å². The van der Waals surface area contributed by atoms with Crippen molar-refractivity contribution in [1.29, 1.82) is 0 Å². The maximum Gasteiger partial charge on any atom is 0.323 e. The SMILES string of the molecule is NC(C(=O)O)C(O)CC/C=C/CCCCF. The second kappa shape index (κ2) is 9.30. The van der Waals surface area contributed by atoms with E-state index >= 15 is 0 Å². The van der Waals surface area contributed by atoms with E-state index in [0.29, 0.717) is 19.3 Å². The van der Waals surface area contributed by atoms with Gasteiger partial charge in [-0.25, -0.2) is 0 Å². The van der Waals surface area contributed by atoms with Gasteiger partial charge in [0.15, 0.2) is 0 Å². The van der Waals surface area contributed by atoms with Crippen LogP contribution in [-0.2, 0) is 4.79 Å². The van der Waals surface area contributed by atoms with Crippen LogP contribution in [0.25, 0.3) is 0 Å². The second-order valence-electron chi connectivity index (χ2n) is 3.66. The molecule has 0 aliphatic carbocycles. The fourth-order valence-electron chi connectivity index (χ4n) is 1.20. The molecule has 2 atom stereocenters. The Bertz CT molecular complexity index is 221. The Hall–Kier alpha value is -0.940. The minimum absolute atomic E-state index is 0.292. The lowest BCUT2D eigenvalue weighted by Crippen LogP contribution is -2.41. The number of hydrogen-bond donors (Lipinski definition) is 3. The van der Waals surface area contributed by atoms with Gasteiger partial charge in [-0.15, -0.1) is 0 Å². The van der Waals surface area contributed by atoms with E-state index in [-0.39, 0.29) is 6.67 Å². The zero-order valence-corrected chi connectivity index (χ0v) is 9.31. The first-order valence-corrected chi connectivity index (χ1v) is 5.47. The maximum absolute atomic E-state index is 11.7.